The summed E-state index contributed by atoms with van der Waals surface area (Å²) in [5.74, 6) is -0.440. The minimum absolute atomic E-state index is 0.386. The van der Waals surface area contributed by atoms with Crippen LogP contribution in [0.3, 0.4) is 0 Å². The number of cyclic esters (lactones) is 1. The van der Waals surface area contributed by atoms with Crippen LogP contribution in [-0.2, 0) is 9.53 Å². The first-order valence-electron chi connectivity index (χ1n) is 12.8. The molecule has 0 amide bonds. The van der Waals surface area contributed by atoms with Gasteiger partial charge >= 0.3 is 5.97 Å². The molecule has 184 valence electrons. The topological polar surface area (TPSA) is 46.5 Å². The fourth-order valence-electron chi connectivity index (χ4n) is 5.07. The van der Waals surface area contributed by atoms with Crippen LogP contribution in [-0.4, -0.2) is 17.4 Å². The van der Waals surface area contributed by atoms with Crippen LogP contribution in [0.25, 0.3) is 0 Å². The number of carbonyl (C=O) groups is 1. The number of ether oxygens (including phenoxy) is 1. The van der Waals surface area contributed by atoms with E-state index in [0.717, 1.165) is 32.1 Å². The Bertz CT molecular complexity index is 833. The molecule has 33 heavy (non-hydrogen) atoms. The van der Waals surface area contributed by atoms with Crippen molar-refractivity contribution in [1.29, 1.82) is 0 Å². The molecule has 0 aromatic heterocycles. The van der Waals surface area contributed by atoms with Gasteiger partial charge in [0, 0.05) is 11.6 Å². The summed E-state index contributed by atoms with van der Waals surface area (Å²) in [4.78, 5) is 11.1. The second-order valence-corrected chi connectivity index (χ2v) is 10.8. The maximum Gasteiger partial charge on any atom is 0.333 e. The third-order valence-corrected chi connectivity index (χ3v) is 7.29. The Kier molecular flexibility index (Phi) is 10.9. The first-order valence-corrected chi connectivity index (χ1v) is 12.8. The zero-order valence-corrected chi connectivity index (χ0v) is 21.9. The van der Waals surface area contributed by atoms with Crippen LogP contribution in [0.2, 0.25) is 0 Å². The molecule has 1 aliphatic heterocycles. The molecule has 0 spiro atoms. The summed E-state index contributed by atoms with van der Waals surface area (Å²) in [5, 5.41) is 9.61. The van der Waals surface area contributed by atoms with Gasteiger partial charge in [-0.3, -0.25) is 0 Å². The van der Waals surface area contributed by atoms with E-state index >= 15 is 0 Å². The van der Waals surface area contributed by atoms with Crippen molar-refractivity contribution < 1.29 is 14.6 Å². The molecular weight excluding hydrogens is 408 g/mol. The predicted octanol–water partition coefficient (Wildman–Crippen LogP) is 8.27. The number of hydrogen-bond acceptors (Lipinski definition) is 3. The number of hydrogen-bond donors (Lipinski definition) is 1. The quantitative estimate of drug-likeness (QED) is 0.238. The van der Waals surface area contributed by atoms with Crippen LogP contribution in [0.15, 0.2) is 57.7 Å². The van der Waals surface area contributed by atoms with Crippen LogP contribution >= 0.6 is 0 Å². The first kappa shape index (κ1) is 27.4. The zero-order chi connectivity index (χ0) is 24.4. The number of rotatable bonds is 12. The molecule has 2 rings (SSSR count). The van der Waals surface area contributed by atoms with Gasteiger partial charge in [0.2, 0.25) is 6.29 Å². The van der Waals surface area contributed by atoms with Crippen LogP contribution in [0.1, 0.15) is 112 Å². The Balaban J connectivity index is 1.66. The van der Waals surface area contributed by atoms with E-state index in [9.17, 15) is 9.90 Å². The maximum atomic E-state index is 11.1. The van der Waals surface area contributed by atoms with E-state index in [4.69, 9.17) is 4.74 Å². The number of aliphatic hydroxyl groups is 1. The zero-order valence-electron chi connectivity index (χ0n) is 21.9. The van der Waals surface area contributed by atoms with Gasteiger partial charge in [-0.2, -0.15) is 0 Å². The highest BCUT2D eigenvalue weighted by Crippen LogP contribution is 2.42. The van der Waals surface area contributed by atoms with Gasteiger partial charge in [0.1, 0.15) is 0 Å². The Hall–Kier alpha value is -1.87. The Morgan fingerprint density at radius 2 is 1.58 bits per heavy atom. The molecule has 2 aliphatic rings. The van der Waals surface area contributed by atoms with Crippen molar-refractivity contribution >= 4 is 5.97 Å². The van der Waals surface area contributed by atoms with E-state index in [-0.39, 0.29) is 0 Å². The lowest BCUT2D eigenvalue weighted by Gasteiger charge is -2.35. The van der Waals surface area contributed by atoms with Crippen molar-refractivity contribution in [1.82, 2.24) is 0 Å². The summed E-state index contributed by atoms with van der Waals surface area (Å²) in [6.45, 7) is 13.9. The number of carbonyl (C=O) groups excluding carboxylic acids is 1. The minimum Gasteiger partial charge on any atom is -0.429 e. The van der Waals surface area contributed by atoms with Crippen molar-refractivity contribution in [3.63, 3.8) is 0 Å². The van der Waals surface area contributed by atoms with Gasteiger partial charge in [0.25, 0.3) is 0 Å². The number of allylic oxidation sites excluding steroid dienone is 8. The normalized spacial score (nSPS) is 22.0. The Morgan fingerprint density at radius 1 is 1.00 bits per heavy atom. The van der Waals surface area contributed by atoms with Crippen molar-refractivity contribution in [3.05, 3.63) is 57.7 Å². The van der Waals surface area contributed by atoms with Crippen LogP contribution in [0, 0.1) is 5.41 Å². The largest absolute Gasteiger partial charge is 0.429 e. The SMILES string of the molecule is CC1=C(CC/C(C)=C/CC/C(C)=C/CC/C(C)=C/CCC2=CC(=O)OC2O)C(C)(C)CCC1. The van der Waals surface area contributed by atoms with Crippen molar-refractivity contribution in [2.45, 2.75) is 118 Å². The Morgan fingerprint density at radius 3 is 2.12 bits per heavy atom. The summed E-state index contributed by atoms with van der Waals surface area (Å²) in [6, 6.07) is 0. The predicted molar refractivity (Wildman–Crippen MR) is 139 cm³/mol. The third kappa shape index (κ3) is 9.49. The van der Waals surface area contributed by atoms with Gasteiger partial charge in [-0.1, -0.05) is 59.9 Å². The molecule has 1 unspecified atom stereocenters. The molecule has 0 aromatic rings. The highest BCUT2D eigenvalue weighted by molar-refractivity contribution is 5.85. The van der Waals surface area contributed by atoms with Gasteiger partial charge in [-0.05, 0) is 104 Å². The van der Waals surface area contributed by atoms with E-state index < -0.39 is 12.3 Å². The Labute approximate surface area is 202 Å². The van der Waals surface area contributed by atoms with Gasteiger partial charge in [-0.25, -0.2) is 4.79 Å². The van der Waals surface area contributed by atoms with Crippen molar-refractivity contribution in [2.75, 3.05) is 0 Å². The van der Waals surface area contributed by atoms with Gasteiger partial charge in [0.15, 0.2) is 0 Å². The van der Waals surface area contributed by atoms with E-state index in [2.05, 4.69) is 59.8 Å². The third-order valence-electron chi connectivity index (χ3n) is 7.29. The second kappa shape index (κ2) is 13.1. The molecule has 0 aromatic carbocycles. The lowest BCUT2D eigenvalue weighted by molar-refractivity contribution is -0.151. The fraction of sp³-hybridized carbons (Fsp3) is 0.633. The molecule has 0 radical (unpaired) electrons. The second-order valence-electron chi connectivity index (χ2n) is 10.8. The van der Waals surface area contributed by atoms with E-state index in [1.165, 1.54) is 54.9 Å². The summed E-state index contributed by atoms with van der Waals surface area (Å²) >= 11 is 0. The minimum atomic E-state index is -1.05. The molecule has 1 heterocycles. The summed E-state index contributed by atoms with van der Waals surface area (Å²) in [6.07, 6.45) is 19.6. The summed E-state index contributed by atoms with van der Waals surface area (Å²) < 4.78 is 4.71. The number of esters is 1. The molecular formula is C30H46O3. The highest BCUT2D eigenvalue weighted by atomic mass is 16.6. The smallest absolute Gasteiger partial charge is 0.333 e. The molecule has 1 N–H and O–H groups in total. The summed E-state index contributed by atoms with van der Waals surface area (Å²) in [5.41, 5.74) is 8.75. The molecule has 1 aliphatic carbocycles. The van der Waals surface area contributed by atoms with Gasteiger partial charge < -0.3 is 9.84 Å². The summed E-state index contributed by atoms with van der Waals surface area (Å²) in [7, 11) is 0. The maximum absolute atomic E-state index is 11.1. The average Bonchev–Trinajstić information content (AvgIpc) is 3.04. The van der Waals surface area contributed by atoms with Crippen molar-refractivity contribution in [2.24, 2.45) is 5.41 Å². The van der Waals surface area contributed by atoms with E-state index in [1.807, 2.05) is 0 Å². The fourth-order valence-corrected chi connectivity index (χ4v) is 5.07. The lowest BCUT2D eigenvalue weighted by Crippen LogP contribution is -2.20. The molecule has 3 nitrogen and oxygen atoms in total. The number of aliphatic hydroxyl groups excluding tert-OH is 1. The van der Waals surface area contributed by atoms with Crippen LogP contribution in [0.5, 0.6) is 0 Å². The molecule has 3 heteroatoms. The van der Waals surface area contributed by atoms with E-state index in [0.29, 0.717) is 17.4 Å². The molecule has 0 fully saturated rings. The molecule has 1 atom stereocenters. The average molecular weight is 455 g/mol. The van der Waals surface area contributed by atoms with Gasteiger partial charge in [-0.15, -0.1) is 0 Å². The highest BCUT2D eigenvalue weighted by Gasteiger charge is 2.27. The van der Waals surface area contributed by atoms with Gasteiger partial charge in [0.05, 0.1) is 0 Å². The van der Waals surface area contributed by atoms with Crippen LogP contribution < -0.4 is 0 Å². The molecule has 0 bridgehead atoms. The van der Waals surface area contributed by atoms with E-state index in [1.54, 1.807) is 11.1 Å². The first-order chi connectivity index (χ1) is 15.6. The lowest BCUT2D eigenvalue weighted by atomic mass is 9.71. The standard InChI is InChI=1S/C30H46O3/c1-22(11-7-12-23(2)15-9-17-26-21-28(31)33-29(26)32)13-8-14-24(3)18-19-27-25(4)16-10-20-30(27,5)6/h11,14-15,21,29,32H,7-10,12-13,16-20H2,1-6H3/b22-11+,23-15+,24-14+. The van der Waals surface area contributed by atoms with Crippen molar-refractivity contribution in [3.8, 4) is 0 Å². The molecule has 0 saturated carbocycles. The monoisotopic (exact) mass is 454 g/mol. The van der Waals surface area contributed by atoms with Crippen LogP contribution in [0.4, 0.5) is 0 Å². The molecule has 0 saturated heterocycles.